The lowest BCUT2D eigenvalue weighted by Crippen LogP contribution is -2.38. The summed E-state index contributed by atoms with van der Waals surface area (Å²) in [4.78, 5) is 25.5. The van der Waals surface area contributed by atoms with Gasteiger partial charge in [0.05, 0.1) is 12.0 Å². The molecule has 0 aromatic heterocycles. The summed E-state index contributed by atoms with van der Waals surface area (Å²) in [6, 6.07) is 7.31. The third-order valence-electron chi connectivity index (χ3n) is 3.68. The summed E-state index contributed by atoms with van der Waals surface area (Å²) in [5.41, 5.74) is 5.59. The van der Waals surface area contributed by atoms with Gasteiger partial charge < -0.3 is 5.73 Å². The average Bonchev–Trinajstić information content (AvgIpc) is 2.73. The predicted octanol–water partition coefficient (Wildman–Crippen LogP) is 1.83. The number of hydrogen-bond acceptors (Lipinski definition) is 3. The van der Waals surface area contributed by atoms with Gasteiger partial charge in [-0.25, -0.2) is 0 Å². The minimum Gasteiger partial charge on any atom is -0.369 e. The van der Waals surface area contributed by atoms with Crippen LogP contribution in [0.2, 0.25) is 0 Å². The fourth-order valence-electron chi connectivity index (χ4n) is 2.32. The number of nitrogens with zero attached hydrogens (tertiary/aromatic N) is 1. The van der Waals surface area contributed by atoms with Gasteiger partial charge in [0.25, 0.3) is 0 Å². The molecule has 19 heavy (non-hydrogen) atoms. The van der Waals surface area contributed by atoms with E-state index in [0.29, 0.717) is 18.7 Å². The summed E-state index contributed by atoms with van der Waals surface area (Å²) in [6.07, 6.45) is 0.718. The van der Waals surface area contributed by atoms with Gasteiger partial charge in [-0.3, -0.25) is 14.5 Å². The maximum atomic E-state index is 12.1. The van der Waals surface area contributed by atoms with Crippen LogP contribution in [0.3, 0.4) is 0 Å². The van der Waals surface area contributed by atoms with E-state index in [9.17, 15) is 9.59 Å². The molecule has 1 saturated heterocycles. The Kier molecular flexibility index (Phi) is 4.06. The molecule has 2 N–H and O–H groups in total. The molecular formula is C14H17BrN2O2. The maximum absolute atomic E-state index is 12.1. The van der Waals surface area contributed by atoms with Crippen molar-refractivity contribution in [3.8, 4) is 0 Å². The number of benzene rings is 1. The molecule has 0 radical (unpaired) electrons. The van der Waals surface area contributed by atoms with E-state index in [1.807, 2.05) is 24.0 Å². The molecule has 1 aliphatic heterocycles. The van der Waals surface area contributed by atoms with E-state index >= 15 is 0 Å². The van der Waals surface area contributed by atoms with Gasteiger partial charge in [0.15, 0.2) is 5.78 Å². The van der Waals surface area contributed by atoms with Crippen LogP contribution >= 0.6 is 15.9 Å². The second-order valence-corrected chi connectivity index (χ2v) is 6.23. The van der Waals surface area contributed by atoms with E-state index in [1.165, 1.54) is 0 Å². The quantitative estimate of drug-likeness (QED) is 0.859. The minimum absolute atomic E-state index is 0.0706. The summed E-state index contributed by atoms with van der Waals surface area (Å²) in [7, 11) is 0. The smallest absolute Gasteiger partial charge is 0.224 e. The molecule has 0 aliphatic carbocycles. The van der Waals surface area contributed by atoms with Crippen LogP contribution < -0.4 is 5.73 Å². The first-order chi connectivity index (χ1) is 8.90. The second-order valence-electron chi connectivity index (χ2n) is 5.32. The molecule has 2 rings (SSSR count). The Bertz CT molecular complexity index is 501. The minimum atomic E-state index is -0.500. The van der Waals surface area contributed by atoms with Crippen molar-refractivity contribution in [3.05, 3.63) is 34.3 Å². The highest BCUT2D eigenvalue weighted by molar-refractivity contribution is 9.10. The highest BCUT2D eigenvalue weighted by atomic mass is 79.9. The molecule has 5 heteroatoms. The Balaban J connectivity index is 1.98. The lowest BCUT2D eigenvalue weighted by Gasteiger charge is -2.20. The summed E-state index contributed by atoms with van der Waals surface area (Å²) < 4.78 is 0.950. The number of halogens is 1. The molecule has 0 saturated carbocycles. The van der Waals surface area contributed by atoms with Crippen molar-refractivity contribution in [2.24, 2.45) is 11.1 Å². The molecule has 1 unspecified atom stereocenters. The second kappa shape index (κ2) is 5.43. The van der Waals surface area contributed by atoms with Crippen molar-refractivity contribution >= 4 is 27.6 Å². The van der Waals surface area contributed by atoms with Crippen molar-refractivity contribution < 1.29 is 9.59 Å². The number of carbonyl (C=O) groups excluding carboxylic acids is 2. The number of amides is 1. The Morgan fingerprint density at radius 2 is 2.00 bits per heavy atom. The van der Waals surface area contributed by atoms with Gasteiger partial charge in [-0.15, -0.1) is 0 Å². The number of likely N-dealkylation sites (tertiary alicyclic amines) is 1. The largest absolute Gasteiger partial charge is 0.369 e. The van der Waals surface area contributed by atoms with Crippen molar-refractivity contribution in [1.29, 1.82) is 0 Å². The van der Waals surface area contributed by atoms with Gasteiger partial charge in [-0.1, -0.05) is 28.1 Å². The van der Waals surface area contributed by atoms with Crippen molar-refractivity contribution in [3.63, 3.8) is 0 Å². The Morgan fingerprint density at radius 3 is 2.53 bits per heavy atom. The molecule has 1 heterocycles. The van der Waals surface area contributed by atoms with Gasteiger partial charge in [0.2, 0.25) is 5.91 Å². The van der Waals surface area contributed by atoms with E-state index in [-0.39, 0.29) is 11.7 Å². The van der Waals surface area contributed by atoms with Crippen LogP contribution in [-0.2, 0) is 4.79 Å². The summed E-state index contributed by atoms with van der Waals surface area (Å²) in [5.74, 6) is -0.215. The first-order valence-electron chi connectivity index (χ1n) is 6.22. The standard InChI is InChI=1S/C14H17BrN2O2/c1-14(13(16)19)6-7-17(9-14)8-12(18)10-2-4-11(15)5-3-10/h2-5H,6-9H2,1H3,(H2,16,19). The number of rotatable bonds is 4. The summed E-state index contributed by atoms with van der Waals surface area (Å²) in [5, 5.41) is 0. The van der Waals surface area contributed by atoms with Gasteiger partial charge in [0, 0.05) is 16.6 Å². The molecular weight excluding hydrogens is 308 g/mol. The first kappa shape index (κ1) is 14.2. The van der Waals surface area contributed by atoms with Crippen LogP contribution in [-0.4, -0.2) is 36.2 Å². The molecule has 1 fully saturated rings. The SMILES string of the molecule is CC1(C(N)=O)CCN(CC(=O)c2ccc(Br)cc2)C1. The van der Waals surface area contributed by atoms with Crippen LogP contribution in [0.15, 0.2) is 28.7 Å². The summed E-state index contributed by atoms with van der Waals surface area (Å²) >= 11 is 3.34. The van der Waals surface area contributed by atoms with Crippen molar-refractivity contribution in [2.75, 3.05) is 19.6 Å². The highest BCUT2D eigenvalue weighted by Crippen LogP contribution is 2.29. The van der Waals surface area contributed by atoms with Gasteiger partial charge >= 0.3 is 0 Å². The number of carbonyl (C=O) groups is 2. The number of ketones is 1. The molecule has 0 spiro atoms. The molecule has 1 amide bonds. The average molecular weight is 325 g/mol. The third kappa shape index (κ3) is 3.22. The first-order valence-corrected chi connectivity index (χ1v) is 7.01. The van der Waals surface area contributed by atoms with Gasteiger partial charge in [-0.2, -0.15) is 0 Å². The molecule has 1 aliphatic rings. The molecule has 102 valence electrons. The van der Waals surface area contributed by atoms with E-state index in [0.717, 1.165) is 17.4 Å². The molecule has 1 aromatic carbocycles. The number of primary amides is 1. The Morgan fingerprint density at radius 1 is 1.37 bits per heavy atom. The zero-order valence-corrected chi connectivity index (χ0v) is 12.4. The van der Waals surface area contributed by atoms with Crippen LogP contribution in [0.25, 0.3) is 0 Å². The number of nitrogens with two attached hydrogens (primary N) is 1. The third-order valence-corrected chi connectivity index (χ3v) is 4.21. The van der Waals surface area contributed by atoms with Crippen LogP contribution in [0.5, 0.6) is 0 Å². The molecule has 1 aromatic rings. The van der Waals surface area contributed by atoms with E-state index in [1.54, 1.807) is 12.1 Å². The van der Waals surface area contributed by atoms with Gasteiger partial charge in [0.1, 0.15) is 0 Å². The number of Topliss-reactive ketones (excluding diaryl/α,β-unsaturated/α-hetero) is 1. The van der Waals surface area contributed by atoms with E-state index in [2.05, 4.69) is 15.9 Å². The van der Waals surface area contributed by atoms with Gasteiger partial charge in [-0.05, 0) is 32.0 Å². The van der Waals surface area contributed by atoms with E-state index in [4.69, 9.17) is 5.73 Å². The monoisotopic (exact) mass is 324 g/mol. The van der Waals surface area contributed by atoms with Crippen molar-refractivity contribution in [2.45, 2.75) is 13.3 Å². The van der Waals surface area contributed by atoms with Crippen LogP contribution in [0, 0.1) is 5.41 Å². The van der Waals surface area contributed by atoms with Crippen LogP contribution in [0.1, 0.15) is 23.7 Å². The molecule has 1 atom stereocenters. The lowest BCUT2D eigenvalue weighted by molar-refractivity contribution is -0.126. The Labute approximate surface area is 121 Å². The predicted molar refractivity (Wildman–Crippen MR) is 76.8 cm³/mol. The zero-order valence-electron chi connectivity index (χ0n) is 10.9. The van der Waals surface area contributed by atoms with E-state index < -0.39 is 5.41 Å². The van der Waals surface area contributed by atoms with Crippen LogP contribution in [0.4, 0.5) is 0 Å². The Hall–Kier alpha value is -1.20. The highest BCUT2D eigenvalue weighted by Gasteiger charge is 2.39. The fourth-order valence-corrected chi connectivity index (χ4v) is 2.59. The fraction of sp³-hybridized carbons (Fsp3) is 0.429. The summed E-state index contributed by atoms with van der Waals surface area (Å²) in [6.45, 7) is 3.50. The topological polar surface area (TPSA) is 63.4 Å². The lowest BCUT2D eigenvalue weighted by atomic mass is 9.89. The molecule has 4 nitrogen and oxygen atoms in total. The normalized spacial score (nSPS) is 23.5. The zero-order chi connectivity index (χ0) is 14.0. The molecule has 0 bridgehead atoms. The number of hydrogen-bond donors (Lipinski definition) is 1. The maximum Gasteiger partial charge on any atom is 0.224 e. The van der Waals surface area contributed by atoms with Crippen molar-refractivity contribution in [1.82, 2.24) is 4.90 Å².